The predicted octanol–water partition coefficient (Wildman–Crippen LogP) is 0.997. The van der Waals surface area contributed by atoms with E-state index in [-0.39, 0.29) is 0 Å². The van der Waals surface area contributed by atoms with E-state index in [9.17, 15) is 0 Å². The highest BCUT2D eigenvalue weighted by molar-refractivity contribution is 5.07. The van der Waals surface area contributed by atoms with E-state index in [2.05, 4.69) is 30.9 Å². The molecule has 0 heterocycles. The number of nitrogens with two attached hydrogens (primary N) is 1. The highest BCUT2D eigenvalue weighted by atomic mass is 15.2. The molecule has 0 radical (unpaired) electrons. The van der Waals surface area contributed by atoms with Crippen LogP contribution in [-0.2, 0) is 0 Å². The van der Waals surface area contributed by atoms with Crippen LogP contribution in [0.4, 0.5) is 0 Å². The summed E-state index contributed by atoms with van der Waals surface area (Å²) < 4.78 is 0. The Kier molecular flexibility index (Phi) is 3.57. The molecule has 2 fully saturated rings. The van der Waals surface area contributed by atoms with Crippen LogP contribution in [0, 0.1) is 11.8 Å². The minimum atomic E-state index is 0.332. The Morgan fingerprint density at radius 2 is 1.94 bits per heavy atom. The number of likely N-dealkylation sites (N-methyl/N-ethyl adjacent to an activating group) is 2. The lowest BCUT2D eigenvalue weighted by Crippen LogP contribution is -2.56. The fourth-order valence-electron chi connectivity index (χ4n) is 3.86. The molecule has 2 aliphatic carbocycles. The van der Waals surface area contributed by atoms with E-state index in [1.165, 1.54) is 25.7 Å². The number of hydrogen-bond acceptors (Lipinski definition) is 3. The molecule has 3 nitrogen and oxygen atoms in total. The molecule has 2 N–H and O–H groups in total. The van der Waals surface area contributed by atoms with Gasteiger partial charge in [-0.2, -0.15) is 0 Å². The van der Waals surface area contributed by atoms with Crippen molar-refractivity contribution >= 4 is 0 Å². The van der Waals surface area contributed by atoms with Gasteiger partial charge in [0.25, 0.3) is 0 Å². The third kappa shape index (κ3) is 2.01. The third-order valence-electron chi connectivity index (χ3n) is 4.94. The Labute approximate surface area is 100.0 Å². The van der Waals surface area contributed by atoms with E-state index in [0.717, 1.165) is 31.5 Å². The SMILES string of the molecule is CN(C)CCN(C)C1(CN)CC2CCC1C2. The molecule has 3 unspecified atom stereocenters. The van der Waals surface area contributed by atoms with Crippen molar-refractivity contribution in [3.8, 4) is 0 Å². The van der Waals surface area contributed by atoms with Crippen molar-refractivity contribution in [2.75, 3.05) is 40.8 Å². The quantitative estimate of drug-likeness (QED) is 0.757. The van der Waals surface area contributed by atoms with Crippen LogP contribution in [0.1, 0.15) is 25.7 Å². The molecule has 0 aromatic heterocycles. The van der Waals surface area contributed by atoms with E-state index >= 15 is 0 Å². The van der Waals surface area contributed by atoms with Gasteiger partial charge in [0.05, 0.1) is 0 Å². The zero-order chi connectivity index (χ0) is 11.8. The van der Waals surface area contributed by atoms with Gasteiger partial charge in [0, 0.05) is 25.2 Å². The van der Waals surface area contributed by atoms with Gasteiger partial charge in [-0.3, -0.25) is 4.90 Å². The first-order valence-corrected chi connectivity index (χ1v) is 6.64. The first-order chi connectivity index (χ1) is 7.58. The molecule has 2 aliphatic rings. The summed E-state index contributed by atoms with van der Waals surface area (Å²) in [4.78, 5) is 4.81. The molecule has 0 amide bonds. The molecule has 2 bridgehead atoms. The summed E-state index contributed by atoms with van der Waals surface area (Å²) in [7, 11) is 6.56. The van der Waals surface area contributed by atoms with Crippen LogP contribution < -0.4 is 5.73 Å². The zero-order valence-corrected chi connectivity index (χ0v) is 11.1. The van der Waals surface area contributed by atoms with Crippen molar-refractivity contribution < 1.29 is 0 Å². The normalized spacial score (nSPS) is 37.9. The Morgan fingerprint density at radius 1 is 1.19 bits per heavy atom. The standard InChI is InChI=1S/C13H27N3/c1-15(2)6-7-16(3)13(10-14)9-11-4-5-12(13)8-11/h11-12H,4-10,14H2,1-3H3. The summed E-state index contributed by atoms with van der Waals surface area (Å²) in [5, 5.41) is 0. The van der Waals surface area contributed by atoms with Gasteiger partial charge in [-0.25, -0.2) is 0 Å². The van der Waals surface area contributed by atoms with Crippen LogP contribution in [-0.4, -0.2) is 56.1 Å². The minimum absolute atomic E-state index is 0.332. The first-order valence-electron chi connectivity index (χ1n) is 6.64. The van der Waals surface area contributed by atoms with Gasteiger partial charge >= 0.3 is 0 Å². The second kappa shape index (κ2) is 4.63. The van der Waals surface area contributed by atoms with Crippen LogP contribution in [0.5, 0.6) is 0 Å². The van der Waals surface area contributed by atoms with Crippen LogP contribution in [0.15, 0.2) is 0 Å². The first kappa shape index (κ1) is 12.3. The lowest BCUT2D eigenvalue weighted by molar-refractivity contribution is 0.0604. The smallest absolute Gasteiger partial charge is 0.0360 e. The van der Waals surface area contributed by atoms with Crippen molar-refractivity contribution in [1.29, 1.82) is 0 Å². The number of hydrogen-bond donors (Lipinski definition) is 1. The summed E-state index contributed by atoms with van der Waals surface area (Å²) in [6.45, 7) is 3.13. The second-order valence-electron chi connectivity index (χ2n) is 6.11. The van der Waals surface area contributed by atoms with Crippen LogP contribution >= 0.6 is 0 Å². The monoisotopic (exact) mass is 225 g/mol. The van der Waals surface area contributed by atoms with Crippen molar-refractivity contribution in [3.63, 3.8) is 0 Å². The number of fused-ring (bicyclic) bond motifs is 2. The van der Waals surface area contributed by atoms with E-state index in [1.54, 1.807) is 0 Å². The van der Waals surface area contributed by atoms with E-state index in [1.807, 2.05) is 0 Å². The lowest BCUT2D eigenvalue weighted by Gasteiger charge is -2.45. The van der Waals surface area contributed by atoms with Gasteiger partial charge in [-0.15, -0.1) is 0 Å². The Morgan fingerprint density at radius 3 is 2.38 bits per heavy atom. The zero-order valence-electron chi connectivity index (χ0n) is 11.1. The van der Waals surface area contributed by atoms with E-state index < -0.39 is 0 Å². The van der Waals surface area contributed by atoms with Crippen LogP contribution in [0.25, 0.3) is 0 Å². The maximum absolute atomic E-state index is 6.11. The molecule has 3 heteroatoms. The Bertz CT molecular complexity index is 241. The minimum Gasteiger partial charge on any atom is -0.329 e. The topological polar surface area (TPSA) is 32.5 Å². The van der Waals surface area contributed by atoms with Crippen molar-refractivity contribution in [2.45, 2.75) is 31.2 Å². The summed E-state index contributed by atoms with van der Waals surface area (Å²) in [5.74, 6) is 1.84. The molecular weight excluding hydrogens is 198 g/mol. The summed E-state index contributed by atoms with van der Waals surface area (Å²) in [6.07, 6.45) is 5.64. The average molecular weight is 225 g/mol. The van der Waals surface area contributed by atoms with Gasteiger partial charge in [-0.05, 0) is 52.2 Å². The van der Waals surface area contributed by atoms with Gasteiger partial charge in [0.15, 0.2) is 0 Å². The lowest BCUT2D eigenvalue weighted by atomic mass is 9.79. The van der Waals surface area contributed by atoms with Crippen molar-refractivity contribution in [2.24, 2.45) is 17.6 Å². The van der Waals surface area contributed by atoms with Gasteiger partial charge in [-0.1, -0.05) is 6.42 Å². The molecule has 2 saturated carbocycles. The molecule has 0 spiro atoms. The average Bonchev–Trinajstić information content (AvgIpc) is 2.85. The molecule has 2 rings (SSSR count). The highest BCUT2D eigenvalue weighted by Crippen LogP contribution is 2.52. The largest absolute Gasteiger partial charge is 0.329 e. The highest BCUT2D eigenvalue weighted by Gasteiger charge is 2.51. The second-order valence-corrected chi connectivity index (χ2v) is 6.11. The molecular formula is C13H27N3. The summed E-state index contributed by atoms with van der Waals surface area (Å²) >= 11 is 0. The predicted molar refractivity (Wildman–Crippen MR) is 68.4 cm³/mol. The molecule has 94 valence electrons. The number of nitrogens with zero attached hydrogens (tertiary/aromatic N) is 2. The molecule has 0 aliphatic heterocycles. The summed E-state index contributed by atoms with van der Waals surface area (Å²) in [5.41, 5.74) is 6.44. The van der Waals surface area contributed by atoms with Crippen LogP contribution in [0.3, 0.4) is 0 Å². The molecule has 0 saturated heterocycles. The Balaban J connectivity index is 1.99. The van der Waals surface area contributed by atoms with Crippen LogP contribution in [0.2, 0.25) is 0 Å². The molecule has 16 heavy (non-hydrogen) atoms. The molecule has 3 atom stereocenters. The molecule has 0 aromatic carbocycles. The third-order valence-corrected chi connectivity index (χ3v) is 4.94. The van der Waals surface area contributed by atoms with E-state index in [4.69, 9.17) is 5.73 Å². The molecule has 0 aromatic rings. The van der Waals surface area contributed by atoms with Gasteiger partial charge < -0.3 is 10.6 Å². The van der Waals surface area contributed by atoms with Crippen molar-refractivity contribution in [1.82, 2.24) is 9.80 Å². The van der Waals surface area contributed by atoms with Gasteiger partial charge in [0.1, 0.15) is 0 Å². The fourth-order valence-corrected chi connectivity index (χ4v) is 3.86. The fraction of sp³-hybridized carbons (Fsp3) is 1.00. The van der Waals surface area contributed by atoms with Crippen molar-refractivity contribution in [3.05, 3.63) is 0 Å². The number of rotatable bonds is 5. The maximum atomic E-state index is 6.11. The maximum Gasteiger partial charge on any atom is 0.0360 e. The van der Waals surface area contributed by atoms with Gasteiger partial charge in [0.2, 0.25) is 0 Å². The van der Waals surface area contributed by atoms with E-state index in [0.29, 0.717) is 5.54 Å². The Hall–Kier alpha value is -0.120. The summed E-state index contributed by atoms with van der Waals surface area (Å²) in [6, 6.07) is 0.